The molecule has 0 saturated carbocycles. The van der Waals surface area contributed by atoms with Crippen molar-refractivity contribution in [2.24, 2.45) is 11.3 Å². The SMILES string of the molecule is COC(C)N1/C(=C/C=C/C=C/C2=[N+](C(C)OC)C3C=CC=CC3C2(C)C)C(C)(C)c2c1ccc1ccccc21. The Bertz CT molecular complexity index is 1440. The van der Waals surface area contributed by atoms with Crippen molar-refractivity contribution in [3.63, 3.8) is 0 Å². The van der Waals surface area contributed by atoms with E-state index in [2.05, 4.69) is 142 Å². The number of methoxy groups -OCH3 is 2. The van der Waals surface area contributed by atoms with E-state index in [0.29, 0.717) is 12.0 Å². The maximum atomic E-state index is 5.85. The largest absolute Gasteiger partial charge is 0.362 e. The normalized spacial score (nSPS) is 25.8. The van der Waals surface area contributed by atoms with E-state index in [-0.39, 0.29) is 23.3 Å². The summed E-state index contributed by atoms with van der Waals surface area (Å²) in [5, 5.41) is 2.57. The van der Waals surface area contributed by atoms with E-state index in [9.17, 15) is 0 Å². The van der Waals surface area contributed by atoms with Gasteiger partial charge in [-0.15, -0.1) is 0 Å². The summed E-state index contributed by atoms with van der Waals surface area (Å²) >= 11 is 0. The second kappa shape index (κ2) is 10.4. The van der Waals surface area contributed by atoms with E-state index < -0.39 is 0 Å². The summed E-state index contributed by atoms with van der Waals surface area (Å²) in [6.07, 6.45) is 19.9. The summed E-state index contributed by atoms with van der Waals surface area (Å²) in [5.41, 5.74) is 4.95. The first kappa shape index (κ1) is 27.4. The van der Waals surface area contributed by atoms with E-state index in [1.54, 1.807) is 14.2 Å². The number of fused-ring (bicyclic) bond motifs is 4. The molecule has 0 bridgehead atoms. The zero-order valence-electron chi connectivity index (χ0n) is 24.7. The molecule has 4 nitrogen and oxygen atoms in total. The number of ether oxygens (including phenoxy) is 2. The second-order valence-electron chi connectivity index (χ2n) is 11.9. The van der Waals surface area contributed by atoms with Crippen LogP contribution in [0, 0.1) is 11.3 Å². The predicted molar refractivity (Wildman–Crippen MR) is 163 cm³/mol. The van der Waals surface area contributed by atoms with E-state index >= 15 is 0 Å². The Morgan fingerprint density at radius 2 is 1.64 bits per heavy atom. The van der Waals surface area contributed by atoms with Crippen LogP contribution >= 0.6 is 0 Å². The van der Waals surface area contributed by atoms with Crippen molar-refractivity contribution < 1.29 is 14.0 Å². The number of benzene rings is 2. The predicted octanol–water partition coefficient (Wildman–Crippen LogP) is 7.52. The Labute approximate surface area is 234 Å². The lowest BCUT2D eigenvalue weighted by Gasteiger charge is -2.31. The van der Waals surface area contributed by atoms with E-state index in [1.165, 1.54) is 33.4 Å². The smallest absolute Gasteiger partial charge is 0.254 e. The van der Waals surface area contributed by atoms with Crippen molar-refractivity contribution in [3.8, 4) is 0 Å². The molecule has 2 heterocycles. The summed E-state index contributed by atoms with van der Waals surface area (Å²) in [6, 6.07) is 13.4. The Kier molecular flexibility index (Phi) is 7.30. The van der Waals surface area contributed by atoms with Crippen molar-refractivity contribution in [2.45, 2.75) is 65.5 Å². The lowest BCUT2D eigenvalue weighted by atomic mass is 9.73. The van der Waals surface area contributed by atoms with Crippen LogP contribution in [0.15, 0.2) is 96.8 Å². The van der Waals surface area contributed by atoms with Gasteiger partial charge in [0.25, 0.3) is 6.23 Å². The molecule has 2 aliphatic heterocycles. The number of rotatable bonds is 7. The zero-order chi connectivity index (χ0) is 27.9. The van der Waals surface area contributed by atoms with Crippen molar-refractivity contribution in [1.82, 2.24) is 0 Å². The zero-order valence-corrected chi connectivity index (χ0v) is 24.7. The van der Waals surface area contributed by atoms with Crippen LogP contribution in [0.1, 0.15) is 47.1 Å². The molecule has 5 rings (SSSR count). The minimum atomic E-state index is -0.168. The number of hydrogen-bond donors (Lipinski definition) is 0. The highest BCUT2D eigenvalue weighted by Crippen LogP contribution is 2.51. The van der Waals surface area contributed by atoms with Gasteiger partial charge in [0.1, 0.15) is 6.23 Å². The molecule has 3 aliphatic rings. The number of nitrogens with zero attached hydrogens (tertiary/aromatic N) is 2. The first-order valence-electron chi connectivity index (χ1n) is 14.1. The van der Waals surface area contributed by atoms with Gasteiger partial charge < -0.3 is 14.4 Å². The van der Waals surface area contributed by atoms with Crippen LogP contribution in [-0.2, 0) is 14.9 Å². The van der Waals surface area contributed by atoms with E-state index in [0.717, 1.165) is 0 Å². The topological polar surface area (TPSA) is 24.7 Å². The molecule has 1 aliphatic carbocycles. The summed E-state index contributed by atoms with van der Waals surface area (Å²) < 4.78 is 14.1. The maximum absolute atomic E-state index is 5.85. The lowest BCUT2D eigenvalue weighted by Crippen LogP contribution is -2.35. The molecule has 0 N–H and O–H groups in total. The maximum Gasteiger partial charge on any atom is 0.254 e. The van der Waals surface area contributed by atoms with Crippen LogP contribution in [0.3, 0.4) is 0 Å². The minimum absolute atomic E-state index is 0.00197. The second-order valence-corrected chi connectivity index (χ2v) is 11.9. The summed E-state index contributed by atoms with van der Waals surface area (Å²) in [7, 11) is 3.57. The molecule has 39 heavy (non-hydrogen) atoms. The molecule has 2 aromatic rings. The van der Waals surface area contributed by atoms with E-state index in [4.69, 9.17) is 9.47 Å². The molecule has 0 amide bonds. The minimum Gasteiger partial charge on any atom is -0.362 e. The molecular formula is C35H43N2O2+. The highest BCUT2D eigenvalue weighted by atomic mass is 16.5. The van der Waals surface area contributed by atoms with Gasteiger partial charge in [0.2, 0.25) is 0 Å². The van der Waals surface area contributed by atoms with Crippen LogP contribution < -0.4 is 4.90 Å². The molecule has 4 unspecified atom stereocenters. The first-order valence-corrected chi connectivity index (χ1v) is 14.1. The molecule has 0 radical (unpaired) electrons. The third kappa shape index (κ3) is 4.44. The van der Waals surface area contributed by atoms with Crippen LogP contribution in [0.2, 0.25) is 0 Å². The van der Waals surface area contributed by atoms with Gasteiger partial charge in [-0.3, -0.25) is 0 Å². The van der Waals surface area contributed by atoms with Gasteiger partial charge >= 0.3 is 0 Å². The molecule has 0 spiro atoms. The lowest BCUT2D eigenvalue weighted by molar-refractivity contribution is -0.624. The molecule has 4 atom stereocenters. The van der Waals surface area contributed by atoms with E-state index in [1.807, 2.05) is 0 Å². The third-order valence-electron chi connectivity index (χ3n) is 9.06. The summed E-state index contributed by atoms with van der Waals surface area (Å²) in [5.74, 6) is 0.419. The molecular weight excluding hydrogens is 480 g/mol. The Morgan fingerprint density at radius 3 is 2.38 bits per heavy atom. The molecule has 4 heteroatoms. The fourth-order valence-electron chi connectivity index (χ4n) is 6.87. The average molecular weight is 524 g/mol. The van der Waals surface area contributed by atoms with Gasteiger partial charge in [0, 0.05) is 44.0 Å². The molecule has 204 valence electrons. The van der Waals surface area contributed by atoms with Gasteiger partial charge in [-0.25, -0.2) is 0 Å². The Morgan fingerprint density at radius 1 is 0.897 bits per heavy atom. The van der Waals surface area contributed by atoms with Gasteiger partial charge in [-0.2, -0.15) is 4.58 Å². The third-order valence-corrected chi connectivity index (χ3v) is 9.06. The Hall–Kier alpha value is -3.21. The number of anilines is 1. The number of allylic oxidation sites excluding steroid dienone is 8. The average Bonchev–Trinajstić information content (AvgIpc) is 3.31. The summed E-state index contributed by atoms with van der Waals surface area (Å²) in [6.45, 7) is 13.6. The van der Waals surface area contributed by atoms with Crippen molar-refractivity contribution in [1.29, 1.82) is 0 Å². The van der Waals surface area contributed by atoms with Crippen molar-refractivity contribution >= 4 is 22.2 Å². The molecule has 0 saturated heterocycles. The standard InChI is InChI=1S/C35H43N2O2/c1-24(38-7)36-29-19-15-14-18-28(29)34(3,4)31(36)20-10-9-11-21-32-35(5,6)33-27-17-13-12-16-26(27)22-23-30(33)37(32)25(2)39-8/h9-25,28-29H,1-8H3/q+1. The van der Waals surface area contributed by atoms with Gasteiger partial charge in [0.15, 0.2) is 11.8 Å². The van der Waals surface area contributed by atoms with Crippen LogP contribution in [-0.4, -0.2) is 43.0 Å². The first-order chi connectivity index (χ1) is 18.6. The summed E-state index contributed by atoms with van der Waals surface area (Å²) in [4.78, 5) is 2.34. The van der Waals surface area contributed by atoms with Crippen molar-refractivity contribution in [3.05, 3.63) is 102 Å². The van der Waals surface area contributed by atoms with Gasteiger partial charge in [-0.05, 0) is 55.3 Å². The fourth-order valence-corrected chi connectivity index (χ4v) is 6.87. The molecule has 2 aromatic carbocycles. The number of hydrogen-bond acceptors (Lipinski definition) is 3. The molecule has 0 aromatic heterocycles. The molecule has 0 fully saturated rings. The van der Waals surface area contributed by atoms with Gasteiger partial charge in [0.05, 0.1) is 11.3 Å². The highest BCUT2D eigenvalue weighted by Gasteiger charge is 2.53. The van der Waals surface area contributed by atoms with Crippen LogP contribution in [0.4, 0.5) is 5.69 Å². The van der Waals surface area contributed by atoms with Crippen LogP contribution in [0.25, 0.3) is 10.8 Å². The fraction of sp³-hybridized carbons (Fsp3) is 0.400. The highest BCUT2D eigenvalue weighted by molar-refractivity contribution is 5.97. The van der Waals surface area contributed by atoms with Crippen molar-refractivity contribution in [2.75, 3.05) is 19.1 Å². The van der Waals surface area contributed by atoms with Gasteiger partial charge in [-0.1, -0.05) is 80.6 Å². The Balaban J connectivity index is 1.50. The quantitative estimate of drug-likeness (QED) is 0.277. The monoisotopic (exact) mass is 523 g/mol. The van der Waals surface area contributed by atoms with Crippen LogP contribution in [0.5, 0.6) is 0 Å².